The van der Waals surface area contributed by atoms with Crippen LogP contribution in [-0.2, 0) is 19.4 Å². The predicted molar refractivity (Wildman–Crippen MR) is 169 cm³/mol. The SMILES string of the molecule is COc1cc(N2CCC(O)CC2)ccc1Cc1nc2c(c(Nc3cccc(C(=O)NCc4ccccc4Cl)c3)n1)N=CC2. The Labute approximate surface area is 255 Å². The van der Waals surface area contributed by atoms with Crippen molar-refractivity contribution in [2.45, 2.75) is 38.3 Å². The minimum absolute atomic E-state index is 0.202. The Balaban J connectivity index is 1.19. The van der Waals surface area contributed by atoms with Gasteiger partial charge in [0.2, 0.25) is 0 Å². The summed E-state index contributed by atoms with van der Waals surface area (Å²) in [5.41, 5.74) is 5.69. The van der Waals surface area contributed by atoms with Crippen LogP contribution in [0.25, 0.3) is 0 Å². The number of anilines is 3. The number of hydrogen-bond donors (Lipinski definition) is 3. The number of hydrogen-bond acceptors (Lipinski definition) is 8. The molecule has 6 rings (SSSR count). The number of nitrogens with zero attached hydrogens (tertiary/aromatic N) is 4. The van der Waals surface area contributed by atoms with Crippen molar-refractivity contribution in [1.82, 2.24) is 15.3 Å². The molecule has 3 aromatic carbocycles. The molecule has 0 radical (unpaired) electrons. The maximum Gasteiger partial charge on any atom is 0.251 e. The third kappa shape index (κ3) is 6.63. The Morgan fingerprint density at radius 1 is 1.05 bits per heavy atom. The summed E-state index contributed by atoms with van der Waals surface area (Å²) in [5.74, 6) is 1.80. The van der Waals surface area contributed by atoms with Crippen LogP contribution in [-0.4, -0.2) is 53.5 Å². The largest absolute Gasteiger partial charge is 0.496 e. The molecule has 4 aromatic rings. The second-order valence-electron chi connectivity index (χ2n) is 10.7. The van der Waals surface area contributed by atoms with E-state index in [-0.39, 0.29) is 12.0 Å². The number of nitrogens with one attached hydrogen (secondary N) is 2. The number of carbonyl (C=O) groups is 1. The Bertz CT molecular complexity index is 1670. The van der Waals surface area contributed by atoms with Crippen LogP contribution in [0.15, 0.2) is 71.7 Å². The predicted octanol–water partition coefficient (Wildman–Crippen LogP) is 5.62. The molecule has 1 amide bonds. The van der Waals surface area contributed by atoms with Gasteiger partial charge >= 0.3 is 0 Å². The molecule has 220 valence electrons. The summed E-state index contributed by atoms with van der Waals surface area (Å²) < 4.78 is 5.76. The van der Waals surface area contributed by atoms with Crippen molar-refractivity contribution in [1.29, 1.82) is 0 Å². The molecule has 10 heteroatoms. The summed E-state index contributed by atoms with van der Waals surface area (Å²) >= 11 is 6.24. The average Bonchev–Trinajstić information content (AvgIpc) is 3.50. The van der Waals surface area contributed by atoms with E-state index in [4.69, 9.17) is 26.3 Å². The third-order valence-corrected chi connectivity index (χ3v) is 8.11. The summed E-state index contributed by atoms with van der Waals surface area (Å²) in [6.45, 7) is 1.97. The van der Waals surface area contributed by atoms with Crippen molar-refractivity contribution in [2.24, 2.45) is 4.99 Å². The van der Waals surface area contributed by atoms with Gasteiger partial charge in [0.05, 0.1) is 18.9 Å². The maximum atomic E-state index is 12.9. The second-order valence-corrected chi connectivity index (χ2v) is 11.1. The van der Waals surface area contributed by atoms with Crippen molar-refractivity contribution in [3.8, 4) is 5.75 Å². The highest BCUT2D eigenvalue weighted by Crippen LogP contribution is 2.34. The van der Waals surface area contributed by atoms with E-state index in [1.807, 2.05) is 42.6 Å². The van der Waals surface area contributed by atoms with Gasteiger partial charge in [-0.3, -0.25) is 9.79 Å². The van der Waals surface area contributed by atoms with Gasteiger partial charge in [-0.15, -0.1) is 0 Å². The highest BCUT2D eigenvalue weighted by Gasteiger charge is 2.21. The van der Waals surface area contributed by atoms with Gasteiger partial charge in [-0.25, -0.2) is 9.97 Å². The van der Waals surface area contributed by atoms with Gasteiger partial charge in [-0.1, -0.05) is 41.9 Å². The number of rotatable bonds is 9. The van der Waals surface area contributed by atoms with Crippen LogP contribution in [0, 0.1) is 0 Å². The Morgan fingerprint density at radius 2 is 1.88 bits per heavy atom. The molecule has 0 bridgehead atoms. The molecule has 0 atom stereocenters. The number of aliphatic hydroxyl groups is 1. The van der Waals surface area contributed by atoms with Crippen molar-refractivity contribution in [3.63, 3.8) is 0 Å². The number of ether oxygens (including phenoxy) is 1. The van der Waals surface area contributed by atoms with E-state index >= 15 is 0 Å². The van der Waals surface area contributed by atoms with E-state index in [1.54, 1.807) is 25.3 Å². The molecule has 0 saturated carbocycles. The van der Waals surface area contributed by atoms with Crippen molar-refractivity contribution in [2.75, 3.05) is 30.4 Å². The van der Waals surface area contributed by atoms with Crippen LogP contribution in [0.1, 0.15) is 45.8 Å². The molecule has 2 aliphatic rings. The van der Waals surface area contributed by atoms with E-state index in [0.29, 0.717) is 53.0 Å². The monoisotopic (exact) mass is 596 g/mol. The maximum absolute atomic E-state index is 12.9. The summed E-state index contributed by atoms with van der Waals surface area (Å²) in [4.78, 5) is 29.4. The molecule has 43 heavy (non-hydrogen) atoms. The van der Waals surface area contributed by atoms with Gasteiger partial charge in [0, 0.05) is 72.3 Å². The zero-order valence-electron chi connectivity index (χ0n) is 23.9. The van der Waals surface area contributed by atoms with E-state index in [2.05, 4.69) is 32.7 Å². The van der Waals surface area contributed by atoms with E-state index in [1.165, 1.54) is 0 Å². The fourth-order valence-electron chi connectivity index (χ4n) is 5.38. The Morgan fingerprint density at radius 3 is 2.70 bits per heavy atom. The molecule has 9 nitrogen and oxygen atoms in total. The standard InChI is InChI=1S/C33H33ClN6O3/c1-43-29-19-25(40-15-12-26(41)13-16-40)10-9-21(29)18-30-38-28-11-14-35-31(28)32(39-30)37-24-7-4-6-22(17-24)33(42)36-20-23-5-2-3-8-27(23)34/h2-10,14,17,19,26,41H,11-13,15-16,18,20H2,1H3,(H,36,42)(H,37,38,39). The number of aromatic nitrogens is 2. The number of aliphatic hydroxyl groups excluding tert-OH is 1. The van der Waals surface area contributed by atoms with Crippen LogP contribution in [0.3, 0.4) is 0 Å². The minimum Gasteiger partial charge on any atom is -0.496 e. The molecular formula is C33H33ClN6O3. The number of carbonyl (C=O) groups excluding carboxylic acids is 1. The fraction of sp³-hybridized carbons (Fsp3) is 0.273. The number of benzene rings is 3. The first-order chi connectivity index (χ1) is 21.0. The van der Waals surface area contributed by atoms with Crippen molar-refractivity contribution in [3.05, 3.63) is 100.0 Å². The molecule has 1 saturated heterocycles. The zero-order valence-corrected chi connectivity index (χ0v) is 24.6. The number of methoxy groups -OCH3 is 1. The van der Waals surface area contributed by atoms with E-state index in [9.17, 15) is 9.90 Å². The molecule has 1 fully saturated rings. The van der Waals surface area contributed by atoms with Crippen LogP contribution >= 0.6 is 11.6 Å². The Kier molecular flexibility index (Phi) is 8.53. The van der Waals surface area contributed by atoms with E-state index in [0.717, 1.165) is 54.2 Å². The summed E-state index contributed by atoms with van der Waals surface area (Å²) in [7, 11) is 1.67. The summed E-state index contributed by atoms with van der Waals surface area (Å²) in [5, 5.41) is 16.8. The lowest BCUT2D eigenvalue weighted by molar-refractivity contribution is 0.0951. The quantitative estimate of drug-likeness (QED) is 0.230. The molecule has 1 aromatic heterocycles. The van der Waals surface area contributed by atoms with Gasteiger partial charge in [0.25, 0.3) is 5.91 Å². The fourth-order valence-corrected chi connectivity index (χ4v) is 5.59. The molecule has 2 aliphatic heterocycles. The highest BCUT2D eigenvalue weighted by atomic mass is 35.5. The normalized spacial score (nSPS) is 14.4. The highest BCUT2D eigenvalue weighted by molar-refractivity contribution is 6.31. The Hall–Kier alpha value is -4.47. The van der Waals surface area contributed by atoms with Crippen LogP contribution in [0.2, 0.25) is 5.02 Å². The summed E-state index contributed by atoms with van der Waals surface area (Å²) in [6, 6.07) is 20.9. The first-order valence-electron chi connectivity index (χ1n) is 14.4. The number of piperidine rings is 1. The third-order valence-electron chi connectivity index (χ3n) is 7.74. The lowest BCUT2D eigenvalue weighted by atomic mass is 10.1. The molecule has 3 heterocycles. The van der Waals surface area contributed by atoms with E-state index < -0.39 is 0 Å². The van der Waals surface area contributed by atoms with Crippen molar-refractivity contribution >= 4 is 46.6 Å². The van der Waals surface area contributed by atoms with Gasteiger partial charge in [-0.05, 0) is 48.7 Å². The topological polar surface area (TPSA) is 112 Å². The zero-order chi connectivity index (χ0) is 29.8. The molecule has 0 aliphatic carbocycles. The van der Waals surface area contributed by atoms with Crippen LogP contribution < -0.4 is 20.3 Å². The van der Waals surface area contributed by atoms with Crippen LogP contribution in [0.4, 0.5) is 22.9 Å². The second kappa shape index (κ2) is 12.8. The number of amides is 1. The first kappa shape index (κ1) is 28.6. The average molecular weight is 597 g/mol. The number of aliphatic imine (C=N–C) groups is 1. The number of halogens is 1. The van der Waals surface area contributed by atoms with Crippen LogP contribution in [0.5, 0.6) is 5.75 Å². The molecular weight excluding hydrogens is 564 g/mol. The smallest absolute Gasteiger partial charge is 0.251 e. The molecule has 3 N–H and O–H groups in total. The van der Waals surface area contributed by atoms with Crippen molar-refractivity contribution < 1.29 is 14.6 Å². The van der Waals surface area contributed by atoms with Gasteiger partial charge in [0.15, 0.2) is 5.82 Å². The number of fused-ring (bicyclic) bond motifs is 1. The summed E-state index contributed by atoms with van der Waals surface area (Å²) in [6.07, 6.45) is 4.25. The van der Waals surface area contributed by atoms with Gasteiger partial charge in [-0.2, -0.15) is 0 Å². The lowest BCUT2D eigenvalue weighted by Crippen LogP contribution is -2.35. The first-order valence-corrected chi connectivity index (χ1v) is 14.8. The minimum atomic E-state index is -0.222. The molecule has 0 unspecified atom stereocenters. The van der Waals surface area contributed by atoms with Gasteiger partial charge < -0.3 is 25.4 Å². The molecule has 0 spiro atoms. The lowest BCUT2D eigenvalue weighted by Gasteiger charge is -2.31. The van der Waals surface area contributed by atoms with Gasteiger partial charge in [0.1, 0.15) is 17.3 Å².